The van der Waals surface area contributed by atoms with E-state index in [4.69, 9.17) is 0 Å². The van der Waals surface area contributed by atoms with Gasteiger partial charge in [-0.15, -0.1) is 0 Å². The number of aromatic nitrogens is 1. The third-order valence-corrected chi connectivity index (χ3v) is 5.77. The lowest BCUT2D eigenvalue weighted by atomic mass is 9.84. The fraction of sp³-hybridized carbons (Fsp3) is 0.471. The van der Waals surface area contributed by atoms with Crippen molar-refractivity contribution in [1.82, 2.24) is 4.98 Å². The van der Waals surface area contributed by atoms with E-state index in [0.29, 0.717) is 11.7 Å². The van der Waals surface area contributed by atoms with Crippen LogP contribution in [0.25, 0.3) is 10.9 Å². The Hall–Kier alpha value is -1.09. The number of halogens is 1. The first-order valence-electron chi connectivity index (χ1n) is 7.50. The van der Waals surface area contributed by atoms with Crippen molar-refractivity contribution in [2.24, 2.45) is 17.8 Å². The van der Waals surface area contributed by atoms with Gasteiger partial charge in [0.2, 0.25) is 0 Å². The van der Waals surface area contributed by atoms with Crippen LogP contribution in [0.5, 0.6) is 0 Å². The highest BCUT2D eigenvalue weighted by Crippen LogP contribution is 2.49. The van der Waals surface area contributed by atoms with Gasteiger partial charge in [0.05, 0.1) is 0 Å². The number of benzene rings is 1. The van der Waals surface area contributed by atoms with Gasteiger partial charge in [0.25, 0.3) is 0 Å². The number of rotatable bonds is 3. The van der Waals surface area contributed by atoms with Crippen LogP contribution in [-0.4, -0.2) is 10.8 Å². The van der Waals surface area contributed by atoms with E-state index >= 15 is 0 Å². The van der Waals surface area contributed by atoms with Gasteiger partial charge < -0.3 is 4.98 Å². The molecule has 1 heterocycles. The molecule has 1 aromatic carbocycles. The van der Waals surface area contributed by atoms with Crippen LogP contribution in [-0.2, 0) is 0 Å². The van der Waals surface area contributed by atoms with E-state index in [1.54, 1.807) is 0 Å². The lowest BCUT2D eigenvalue weighted by Gasteiger charge is -2.20. The summed E-state index contributed by atoms with van der Waals surface area (Å²) in [6.07, 6.45) is 8.03. The van der Waals surface area contributed by atoms with Crippen LogP contribution in [0, 0.1) is 17.8 Å². The molecular formula is C17H18BrNO. The number of fused-ring (bicyclic) bond motifs is 3. The Morgan fingerprint density at radius 1 is 1.30 bits per heavy atom. The van der Waals surface area contributed by atoms with E-state index in [0.717, 1.165) is 39.2 Å². The Bertz CT molecular complexity index is 675. The summed E-state index contributed by atoms with van der Waals surface area (Å²) in [6.45, 7) is 0. The van der Waals surface area contributed by atoms with E-state index < -0.39 is 0 Å². The highest BCUT2D eigenvalue weighted by molar-refractivity contribution is 9.10. The predicted octanol–water partition coefficient (Wildman–Crippen LogP) is 4.94. The molecule has 0 amide bonds. The molecule has 2 saturated carbocycles. The largest absolute Gasteiger partial charge is 0.360 e. The Balaban J connectivity index is 1.58. The summed E-state index contributed by atoms with van der Waals surface area (Å²) in [5.41, 5.74) is 1.91. The SMILES string of the molecule is O=C(CC1CC2CCC1C2)c1c[nH]c2cc(Br)ccc12. The normalized spacial score (nSPS) is 28.4. The maximum absolute atomic E-state index is 12.6. The van der Waals surface area contributed by atoms with Crippen LogP contribution in [0.4, 0.5) is 0 Å². The smallest absolute Gasteiger partial charge is 0.165 e. The van der Waals surface area contributed by atoms with Gasteiger partial charge in [0.15, 0.2) is 5.78 Å². The molecule has 2 bridgehead atoms. The van der Waals surface area contributed by atoms with Crippen molar-refractivity contribution < 1.29 is 4.79 Å². The Morgan fingerprint density at radius 3 is 2.95 bits per heavy atom. The number of H-pyrrole nitrogens is 1. The fourth-order valence-corrected chi connectivity index (χ4v) is 4.66. The predicted molar refractivity (Wildman–Crippen MR) is 83.9 cm³/mol. The fourth-order valence-electron chi connectivity index (χ4n) is 4.30. The van der Waals surface area contributed by atoms with E-state index in [1.807, 2.05) is 24.4 Å². The van der Waals surface area contributed by atoms with Crippen LogP contribution in [0.2, 0.25) is 0 Å². The minimum Gasteiger partial charge on any atom is -0.360 e. The molecule has 0 saturated heterocycles. The highest BCUT2D eigenvalue weighted by atomic mass is 79.9. The highest BCUT2D eigenvalue weighted by Gasteiger charge is 2.40. The van der Waals surface area contributed by atoms with Crippen molar-refractivity contribution in [3.63, 3.8) is 0 Å². The number of nitrogens with one attached hydrogen (secondary N) is 1. The summed E-state index contributed by atoms with van der Waals surface area (Å²) in [7, 11) is 0. The lowest BCUT2D eigenvalue weighted by molar-refractivity contribution is 0.0946. The number of aromatic amines is 1. The van der Waals surface area contributed by atoms with Gasteiger partial charge in [0, 0.05) is 33.6 Å². The van der Waals surface area contributed by atoms with Gasteiger partial charge in [-0.2, -0.15) is 0 Å². The molecule has 2 aliphatic carbocycles. The van der Waals surface area contributed by atoms with Crippen molar-refractivity contribution in [3.05, 3.63) is 34.4 Å². The van der Waals surface area contributed by atoms with Gasteiger partial charge in [0.1, 0.15) is 0 Å². The molecule has 0 aliphatic heterocycles. The van der Waals surface area contributed by atoms with E-state index in [-0.39, 0.29) is 0 Å². The summed E-state index contributed by atoms with van der Waals surface area (Å²) in [6, 6.07) is 6.07. The molecule has 1 N–H and O–H groups in total. The number of carbonyl (C=O) groups is 1. The molecule has 20 heavy (non-hydrogen) atoms. The zero-order chi connectivity index (χ0) is 13.7. The van der Waals surface area contributed by atoms with Crippen molar-refractivity contribution in [2.75, 3.05) is 0 Å². The third-order valence-electron chi connectivity index (χ3n) is 5.28. The van der Waals surface area contributed by atoms with Crippen molar-refractivity contribution in [3.8, 4) is 0 Å². The number of ketones is 1. The molecule has 2 fully saturated rings. The molecule has 1 aromatic heterocycles. The summed E-state index contributed by atoms with van der Waals surface area (Å²) < 4.78 is 1.04. The second-order valence-electron chi connectivity index (χ2n) is 6.45. The maximum atomic E-state index is 12.6. The second kappa shape index (κ2) is 4.73. The van der Waals surface area contributed by atoms with Crippen LogP contribution < -0.4 is 0 Å². The van der Waals surface area contributed by atoms with Crippen LogP contribution >= 0.6 is 15.9 Å². The molecular weight excluding hydrogens is 314 g/mol. The average Bonchev–Trinajstić information content (AvgIpc) is 3.11. The molecule has 104 valence electrons. The number of carbonyl (C=O) groups excluding carboxylic acids is 1. The third kappa shape index (κ3) is 2.03. The minimum atomic E-state index is 0.316. The zero-order valence-corrected chi connectivity index (χ0v) is 12.9. The Labute approximate surface area is 127 Å². The summed E-state index contributed by atoms with van der Waals surface area (Å²) >= 11 is 3.47. The molecule has 3 atom stereocenters. The summed E-state index contributed by atoms with van der Waals surface area (Å²) in [4.78, 5) is 15.8. The monoisotopic (exact) mass is 331 g/mol. The molecule has 0 radical (unpaired) electrons. The van der Waals surface area contributed by atoms with Gasteiger partial charge in [-0.1, -0.05) is 28.4 Å². The Morgan fingerprint density at radius 2 is 2.20 bits per heavy atom. The molecule has 2 nitrogen and oxygen atoms in total. The van der Waals surface area contributed by atoms with Gasteiger partial charge in [-0.05, 0) is 49.1 Å². The molecule has 2 aliphatic rings. The number of hydrogen-bond donors (Lipinski definition) is 1. The van der Waals surface area contributed by atoms with Crippen molar-refractivity contribution in [2.45, 2.75) is 32.1 Å². The maximum Gasteiger partial charge on any atom is 0.165 e. The first kappa shape index (κ1) is 12.6. The summed E-state index contributed by atoms with van der Waals surface area (Å²) in [5, 5.41) is 1.06. The molecule has 3 heteroatoms. The first-order chi connectivity index (χ1) is 9.70. The summed E-state index contributed by atoms with van der Waals surface area (Å²) in [5.74, 6) is 2.69. The van der Waals surface area contributed by atoms with Crippen molar-refractivity contribution >= 4 is 32.6 Å². The van der Waals surface area contributed by atoms with E-state index in [9.17, 15) is 4.79 Å². The molecule has 4 rings (SSSR count). The van der Waals surface area contributed by atoms with Gasteiger partial charge in [-0.3, -0.25) is 4.79 Å². The second-order valence-corrected chi connectivity index (χ2v) is 7.37. The lowest BCUT2D eigenvalue weighted by Crippen LogP contribution is -2.15. The standard InChI is InChI=1S/C17H18BrNO/c18-13-3-4-14-15(9-19-16(14)8-13)17(20)7-12-6-10-1-2-11(12)5-10/h3-4,8-12,19H,1-2,5-7H2. The quantitative estimate of drug-likeness (QED) is 0.794. The number of hydrogen-bond acceptors (Lipinski definition) is 1. The zero-order valence-electron chi connectivity index (χ0n) is 11.4. The van der Waals surface area contributed by atoms with Gasteiger partial charge >= 0.3 is 0 Å². The number of Topliss-reactive ketones (excluding diaryl/α,β-unsaturated/α-hetero) is 1. The minimum absolute atomic E-state index is 0.316. The van der Waals surface area contributed by atoms with Crippen LogP contribution in [0.15, 0.2) is 28.9 Å². The molecule has 3 unspecified atom stereocenters. The van der Waals surface area contributed by atoms with E-state index in [2.05, 4.69) is 20.9 Å². The van der Waals surface area contributed by atoms with Crippen LogP contribution in [0.3, 0.4) is 0 Å². The van der Waals surface area contributed by atoms with Crippen LogP contribution in [0.1, 0.15) is 42.5 Å². The average molecular weight is 332 g/mol. The van der Waals surface area contributed by atoms with E-state index in [1.165, 1.54) is 25.7 Å². The van der Waals surface area contributed by atoms with Crippen molar-refractivity contribution in [1.29, 1.82) is 0 Å². The molecule has 2 aromatic rings. The first-order valence-corrected chi connectivity index (χ1v) is 8.30. The van der Waals surface area contributed by atoms with Gasteiger partial charge in [-0.25, -0.2) is 0 Å². The topological polar surface area (TPSA) is 32.9 Å². The molecule has 0 spiro atoms. The Kier molecular flexibility index (Phi) is 2.99.